The minimum absolute atomic E-state index is 0.703. The second-order valence-corrected chi connectivity index (χ2v) is 4.69. The first-order valence-electron chi connectivity index (χ1n) is 7.12. The summed E-state index contributed by atoms with van der Waals surface area (Å²) in [6.07, 6.45) is 18.7. The molecule has 0 heteroatoms. The van der Waals surface area contributed by atoms with E-state index >= 15 is 0 Å². The van der Waals surface area contributed by atoms with Crippen molar-refractivity contribution in [3.8, 4) is 0 Å². The van der Waals surface area contributed by atoms with Gasteiger partial charge in [0.2, 0.25) is 0 Å². The zero-order chi connectivity index (χ0) is 12.1. The van der Waals surface area contributed by atoms with Gasteiger partial charge in [0.1, 0.15) is 0 Å². The lowest BCUT2D eigenvalue weighted by atomic mass is 9.97. The Hall–Kier alpha value is -0.520. The molecule has 0 amide bonds. The van der Waals surface area contributed by atoms with E-state index in [2.05, 4.69) is 38.7 Å². The Morgan fingerprint density at radius 3 is 2.25 bits per heavy atom. The van der Waals surface area contributed by atoms with Crippen LogP contribution in [0.15, 0.2) is 24.8 Å². The van der Waals surface area contributed by atoms with Crippen molar-refractivity contribution in [3.05, 3.63) is 24.8 Å². The standard InChI is InChI=1S/C16H30/c1-4-7-9-10-11-13-15-16(6-3)14-12-8-5-2/h6,11,13,16H,3-5,7-10,12,14-15H2,1-2H3. The van der Waals surface area contributed by atoms with Crippen molar-refractivity contribution < 1.29 is 0 Å². The van der Waals surface area contributed by atoms with E-state index in [1.165, 1.54) is 57.8 Å². The van der Waals surface area contributed by atoms with Crippen LogP contribution in [0.25, 0.3) is 0 Å². The van der Waals surface area contributed by atoms with Crippen LogP contribution in [0.5, 0.6) is 0 Å². The van der Waals surface area contributed by atoms with E-state index in [0.29, 0.717) is 5.92 Å². The molecular formula is C16H30. The van der Waals surface area contributed by atoms with E-state index < -0.39 is 0 Å². The van der Waals surface area contributed by atoms with Crippen LogP contribution >= 0.6 is 0 Å². The second-order valence-electron chi connectivity index (χ2n) is 4.69. The Kier molecular flexibility index (Phi) is 12.1. The van der Waals surface area contributed by atoms with Gasteiger partial charge in [0.15, 0.2) is 0 Å². The van der Waals surface area contributed by atoms with Gasteiger partial charge in [-0.1, -0.05) is 64.2 Å². The molecule has 0 rings (SSSR count). The first-order chi connectivity index (χ1) is 7.85. The zero-order valence-electron chi connectivity index (χ0n) is 11.4. The van der Waals surface area contributed by atoms with Crippen molar-refractivity contribution in [2.45, 2.75) is 71.6 Å². The lowest BCUT2D eigenvalue weighted by Crippen LogP contribution is -1.94. The molecule has 1 atom stereocenters. The van der Waals surface area contributed by atoms with Gasteiger partial charge in [0.05, 0.1) is 0 Å². The van der Waals surface area contributed by atoms with Gasteiger partial charge in [-0.2, -0.15) is 0 Å². The van der Waals surface area contributed by atoms with E-state index in [4.69, 9.17) is 0 Å². The van der Waals surface area contributed by atoms with Gasteiger partial charge in [-0.3, -0.25) is 0 Å². The summed E-state index contributed by atoms with van der Waals surface area (Å²) < 4.78 is 0. The second kappa shape index (κ2) is 12.5. The van der Waals surface area contributed by atoms with E-state index in [1.54, 1.807) is 0 Å². The van der Waals surface area contributed by atoms with Crippen molar-refractivity contribution in [2.75, 3.05) is 0 Å². The largest absolute Gasteiger partial charge is 0.103 e. The van der Waals surface area contributed by atoms with Crippen LogP contribution in [0.2, 0.25) is 0 Å². The Bertz CT molecular complexity index is 167. The van der Waals surface area contributed by atoms with Crippen molar-refractivity contribution in [2.24, 2.45) is 5.92 Å². The number of allylic oxidation sites excluding steroid dienone is 3. The Morgan fingerprint density at radius 1 is 0.938 bits per heavy atom. The van der Waals surface area contributed by atoms with Crippen LogP contribution < -0.4 is 0 Å². The van der Waals surface area contributed by atoms with Gasteiger partial charge in [-0.25, -0.2) is 0 Å². The molecule has 0 nitrogen and oxygen atoms in total. The Morgan fingerprint density at radius 2 is 1.62 bits per heavy atom. The van der Waals surface area contributed by atoms with E-state index in [-0.39, 0.29) is 0 Å². The van der Waals surface area contributed by atoms with Crippen LogP contribution in [-0.2, 0) is 0 Å². The van der Waals surface area contributed by atoms with Crippen molar-refractivity contribution in [1.29, 1.82) is 0 Å². The van der Waals surface area contributed by atoms with Crippen LogP contribution in [0, 0.1) is 5.92 Å². The van der Waals surface area contributed by atoms with E-state index in [0.717, 1.165) is 0 Å². The number of rotatable bonds is 11. The van der Waals surface area contributed by atoms with Crippen LogP contribution in [0.3, 0.4) is 0 Å². The van der Waals surface area contributed by atoms with E-state index in [9.17, 15) is 0 Å². The monoisotopic (exact) mass is 222 g/mol. The van der Waals surface area contributed by atoms with Crippen molar-refractivity contribution in [1.82, 2.24) is 0 Å². The van der Waals surface area contributed by atoms with Gasteiger partial charge in [-0.15, -0.1) is 6.58 Å². The summed E-state index contributed by atoms with van der Waals surface area (Å²) in [4.78, 5) is 0. The molecule has 1 unspecified atom stereocenters. The van der Waals surface area contributed by atoms with Crippen LogP contribution in [0.1, 0.15) is 71.6 Å². The molecule has 0 aromatic carbocycles. The summed E-state index contributed by atoms with van der Waals surface area (Å²) in [7, 11) is 0. The molecule has 0 saturated heterocycles. The molecule has 0 bridgehead atoms. The molecule has 0 aliphatic rings. The van der Waals surface area contributed by atoms with E-state index in [1.807, 2.05) is 0 Å². The molecule has 0 aromatic heterocycles. The molecule has 0 aromatic rings. The highest BCUT2D eigenvalue weighted by atomic mass is 14.1. The molecular weight excluding hydrogens is 192 g/mol. The molecule has 0 saturated carbocycles. The lowest BCUT2D eigenvalue weighted by molar-refractivity contribution is 0.545. The predicted octanol–water partition coefficient (Wildman–Crippen LogP) is 5.90. The van der Waals surface area contributed by atoms with Crippen LogP contribution in [0.4, 0.5) is 0 Å². The quantitative estimate of drug-likeness (QED) is 0.302. The molecule has 0 radical (unpaired) electrons. The summed E-state index contributed by atoms with van der Waals surface area (Å²) >= 11 is 0. The first kappa shape index (κ1) is 15.5. The summed E-state index contributed by atoms with van der Waals surface area (Å²) in [6, 6.07) is 0. The maximum absolute atomic E-state index is 3.93. The van der Waals surface area contributed by atoms with Gasteiger partial charge in [0.25, 0.3) is 0 Å². The maximum atomic E-state index is 3.93. The summed E-state index contributed by atoms with van der Waals surface area (Å²) in [5.41, 5.74) is 0. The predicted molar refractivity (Wildman–Crippen MR) is 75.7 cm³/mol. The highest BCUT2D eigenvalue weighted by molar-refractivity contribution is 4.89. The van der Waals surface area contributed by atoms with Gasteiger partial charge >= 0.3 is 0 Å². The summed E-state index contributed by atoms with van der Waals surface area (Å²) in [5, 5.41) is 0. The first-order valence-corrected chi connectivity index (χ1v) is 7.12. The van der Waals surface area contributed by atoms with Gasteiger partial charge < -0.3 is 0 Å². The summed E-state index contributed by atoms with van der Waals surface area (Å²) in [6.45, 7) is 8.45. The molecule has 0 aliphatic carbocycles. The summed E-state index contributed by atoms with van der Waals surface area (Å²) in [5.74, 6) is 0.703. The molecule has 0 fully saturated rings. The molecule has 94 valence electrons. The smallest absolute Gasteiger partial charge is 0.0202 e. The topological polar surface area (TPSA) is 0 Å². The lowest BCUT2D eigenvalue weighted by Gasteiger charge is -2.08. The minimum atomic E-state index is 0.703. The number of unbranched alkanes of at least 4 members (excludes halogenated alkanes) is 5. The number of hydrogen-bond acceptors (Lipinski definition) is 0. The van der Waals surface area contributed by atoms with Crippen molar-refractivity contribution >= 4 is 0 Å². The number of hydrogen-bond donors (Lipinski definition) is 0. The third-order valence-electron chi connectivity index (χ3n) is 3.09. The third kappa shape index (κ3) is 10.0. The average molecular weight is 222 g/mol. The fourth-order valence-electron chi connectivity index (χ4n) is 1.89. The van der Waals surface area contributed by atoms with Crippen molar-refractivity contribution in [3.63, 3.8) is 0 Å². The van der Waals surface area contributed by atoms with Gasteiger partial charge in [-0.05, 0) is 31.6 Å². The Labute approximate surface area is 103 Å². The fraction of sp³-hybridized carbons (Fsp3) is 0.750. The highest BCUT2D eigenvalue weighted by Crippen LogP contribution is 2.15. The van der Waals surface area contributed by atoms with Gasteiger partial charge in [0, 0.05) is 0 Å². The molecule has 0 N–H and O–H groups in total. The zero-order valence-corrected chi connectivity index (χ0v) is 11.4. The molecule has 0 heterocycles. The molecule has 16 heavy (non-hydrogen) atoms. The molecule has 0 spiro atoms. The maximum Gasteiger partial charge on any atom is -0.0202 e. The average Bonchev–Trinajstić information content (AvgIpc) is 2.31. The third-order valence-corrected chi connectivity index (χ3v) is 3.09. The normalized spacial score (nSPS) is 13.1. The fourth-order valence-corrected chi connectivity index (χ4v) is 1.89. The SMILES string of the molecule is C=CC(CC=CCCCCC)CCCCC. The minimum Gasteiger partial charge on any atom is -0.103 e. The highest BCUT2D eigenvalue weighted by Gasteiger charge is 2.00. The molecule has 0 aliphatic heterocycles. The van der Waals surface area contributed by atoms with Crippen LogP contribution in [-0.4, -0.2) is 0 Å². The Balaban J connectivity index is 3.49.